The van der Waals surface area contributed by atoms with Gasteiger partial charge in [0, 0.05) is 43.1 Å². The number of nitrogens with zero attached hydrogens (tertiary/aromatic N) is 2. The lowest BCUT2D eigenvalue weighted by Gasteiger charge is -2.40. The summed E-state index contributed by atoms with van der Waals surface area (Å²) >= 11 is 1.90. The molecule has 3 aromatic carbocycles. The maximum absolute atomic E-state index is 5.60. The molecular formula is C45H47N5S. The molecule has 0 saturated heterocycles. The van der Waals surface area contributed by atoms with Crippen LogP contribution in [0.15, 0.2) is 119 Å². The van der Waals surface area contributed by atoms with Gasteiger partial charge in [-0.1, -0.05) is 112 Å². The van der Waals surface area contributed by atoms with Gasteiger partial charge in [0.25, 0.3) is 0 Å². The molecule has 0 amide bonds. The molecule has 1 fully saturated rings. The van der Waals surface area contributed by atoms with E-state index in [1.54, 1.807) is 0 Å². The van der Waals surface area contributed by atoms with Crippen molar-refractivity contribution in [2.24, 2.45) is 22.7 Å². The Hall–Kier alpha value is -4.39. The van der Waals surface area contributed by atoms with Crippen LogP contribution in [0.3, 0.4) is 0 Å². The zero-order valence-electron chi connectivity index (χ0n) is 29.5. The summed E-state index contributed by atoms with van der Waals surface area (Å²) in [6.07, 6.45) is 24.8. The highest BCUT2D eigenvalue weighted by molar-refractivity contribution is 7.25. The fourth-order valence-electron chi connectivity index (χ4n) is 9.44. The maximum atomic E-state index is 5.60. The van der Waals surface area contributed by atoms with Crippen molar-refractivity contribution in [1.82, 2.24) is 20.5 Å². The number of nitrogens with one attached hydrogen (secondary N) is 3. The first-order valence-electron chi connectivity index (χ1n) is 19.3. The largest absolute Gasteiger partial charge is 0.371 e. The zero-order chi connectivity index (χ0) is 33.9. The molecule has 6 heteroatoms. The molecule has 4 heterocycles. The first kappa shape index (κ1) is 31.4. The predicted molar refractivity (Wildman–Crippen MR) is 217 cm³/mol. The van der Waals surface area contributed by atoms with Crippen molar-refractivity contribution >= 4 is 65.0 Å². The molecule has 4 unspecified atom stereocenters. The van der Waals surface area contributed by atoms with Gasteiger partial charge in [-0.05, 0) is 78.8 Å². The van der Waals surface area contributed by atoms with Crippen LogP contribution in [-0.4, -0.2) is 29.3 Å². The van der Waals surface area contributed by atoms with Crippen LogP contribution in [0.25, 0.3) is 47.8 Å². The van der Waals surface area contributed by atoms with E-state index in [4.69, 9.17) is 4.99 Å². The molecule has 3 N–H and O–H groups in total. The first-order chi connectivity index (χ1) is 25.2. The molecule has 0 spiro atoms. The van der Waals surface area contributed by atoms with Gasteiger partial charge >= 0.3 is 0 Å². The summed E-state index contributed by atoms with van der Waals surface area (Å²) in [6, 6.07) is 22.8. The topological polar surface area (TPSA) is 53.4 Å². The number of para-hydroxylation sites is 1. The fraction of sp³-hybridized carbons (Fsp3) is 0.356. The highest BCUT2D eigenvalue weighted by Crippen LogP contribution is 2.43. The number of allylic oxidation sites excluding steroid dienone is 5. The van der Waals surface area contributed by atoms with Gasteiger partial charge in [0.1, 0.15) is 24.0 Å². The second-order valence-corrected chi connectivity index (χ2v) is 16.6. The quantitative estimate of drug-likeness (QED) is 0.172. The molecule has 5 aromatic rings. The first-order valence-corrected chi connectivity index (χ1v) is 20.2. The fourth-order valence-corrected chi connectivity index (χ4v) is 10.6. The van der Waals surface area contributed by atoms with Crippen molar-refractivity contribution < 1.29 is 0 Å². The van der Waals surface area contributed by atoms with Gasteiger partial charge in [0.2, 0.25) is 0 Å². The third-order valence-corrected chi connectivity index (χ3v) is 13.4. The molecule has 0 bridgehead atoms. The lowest BCUT2D eigenvalue weighted by Crippen LogP contribution is -2.56. The Morgan fingerprint density at radius 1 is 0.863 bits per heavy atom. The third-order valence-electron chi connectivity index (χ3n) is 12.2. The van der Waals surface area contributed by atoms with Crippen molar-refractivity contribution in [1.29, 1.82) is 0 Å². The highest BCUT2D eigenvalue weighted by Gasteiger charge is 2.36. The normalized spacial score (nSPS) is 26.0. The Labute approximate surface area is 304 Å². The van der Waals surface area contributed by atoms with E-state index in [9.17, 15) is 0 Å². The molecule has 51 heavy (non-hydrogen) atoms. The minimum Gasteiger partial charge on any atom is -0.371 e. The number of amidine groups is 1. The summed E-state index contributed by atoms with van der Waals surface area (Å²) in [5.41, 5.74) is 6.53. The van der Waals surface area contributed by atoms with Crippen LogP contribution in [0, 0.1) is 17.8 Å². The van der Waals surface area contributed by atoms with Crippen LogP contribution in [-0.2, 0) is 0 Å². The molecule has 1 saturated carbocycles. The van der Waals surface area contributed by atoms with Crippen molar-refractivity contribution in [2.45, 2.75) is 77.0 Å². The molecular weight excluding hydrogens is 643 g/mol. The van der Waals surface area contributed by atoms with E-state index in [1.165, 1.54) is 96.6 Å². The molecule has 10 rings (SSSR count). The van der Waals surface area contributed by atoms with Crippen LogP contribution in [0.1, 0.15) is 64.7 Å². The van der Waals surface area contributed by atoms with E-state index in [2.05, 4.69) is 125 Å². The maximum Gasteiger partial charge on any atom is 0.131 e. The number of aromatic nitrogens is 1. The van der Waals surface area contributed by atoms with Crippen LogP contribution in [0.4, 0.5) is 0 Å². The standard InChI is InChI=1S/C45H47N5S/c1-28-20-22-31(23-21-28)43-47-42(30-14-6-3-7-15-30)48-44(49-43)37-24-32(29-12-4-2-5-13-29)27-46-45(37)50-38-18-10-8-16-33(38)35-25-36-34-17-9-11-19-40(34)51-41(36)26-39(35)50/h3,6,8-11,14,16-20,22-23,25-26,28-29,32,42-43,46-47H,2,4-5,7,12-13,15,21,24,27H2,1H3,(H,48,49). The molecule has 5 nitrogen and oxygen atoms in total. The minimum atomic E-state index is -0.0954. The van der Waals surface area contributed by atoms with E-state index >= 15 is 0 Å². The minimum absolute atomic E-state index is 0.0289. The molecule has 0 radical (unpaired) electrons. The monoisotopic (exact) mass is 689 g/mol. The zero-order valence-corrected chi connectivity index (χ0v) is 30.3. The number of aliphatic imine (C=N–C) groups is 1. The number of hydrogen-bond acceptors (Lipinski definition) is 5. The Kier molecular flexibility index (Phi) is 7.98. The smallest absolute Gasteiger partial charge is 0.131 e. The Balaban J connectivity index is 1.18. The van der Waals surface area contributed by atoms with Crippen molar-refractivity contribution in [3.05, 3.63) is 114 Å². The summed E-state index contributed by atoms with van der Waals surface area (Å²) in [5.74, 6) is 4.15. The molecule has 2 aliphatic heterocycles. The number of rotatable bonds is 5. The Bertz CT molecular complexity index is 2360. The lowest BCUT2D eigenvalue weighted by molar-refractivity contribution is 0.241. The van der Waals surface area contributed by atoms with Crippen molar-refractivity contribution in [3.8, 4) is 0 Å². The second kappa shape index (κ2) is 13.0. The molecule has 258 valence electrons. The van der Waals surface area contributed by atoms with E-state index in [1.807, 2.05) is 11.3 Å². The molecule has 5 aliphatic rings. The Morgan fingerprint density at radius 3 is 2.57 bits per heavy atom. The SMILES string of the molecule is CC1C=CC(C2N=C(C3=C(n4c5ccccc5c5cc6c(cc54)sc4ccccc46)NCC(C4CCCCC4)C3)NC(C3=CC=CCC3)N2)=CC1. The van der Waals surface area contributed by atoms with E-state index in [-0.39, 0.29) is 12.3 Å². The third kappa shape index (κ3) is 5.59. The number of thiophene rings is 1. The summed E-state index contributed by atoms with van der Waals surface area (Å²) in [6.45, 7) is 3.30. The summed E-state index contributed by atoms with van der Waals surface area (Å²) in [7, 11) is 0. The van der Waals surface area contributed by atoms with E-state index < -0.39 is 0 Å². The second-order valence-electron chi connectivity index (χ2n) is 15.5. The average Bonchev–Trinajstić information content (AvgIpc) is 3.72. The van der Waals surface area contributed by atoms with Crippen LogP contribution in [0.2, 0.25) is 0 Å². The highest BCUT2D eigenvalue weighted by atomic mass is 32.1. The molecule has 3 aliphatic carbocycles. The summed E-state index contributed by atoms with van der Waals surface area (Å²) in [5, 5.41) is 17.4. The van der Waals surface area contributed by atoms with Crippen molar-refractivity contribution in [3.63, 3.8) is 0 Å². The summed E-state index contributed by atoms with van der Waals surface area (Å²) in [4.78, 5) is 5.60. The number of fused-ring (bicyclic) bond motifs is 6. The van der Waals surface area contributed by atoms with E-state index in [0.29, 0.717) is 11.8 Å². The average molecular weight is 690 g/mol. The Morgan fingerprint density at radius 2 is 1.73 bits per heavy atom. The van der Waals surface area contributed by atoms with Gasteiger partial charge in [-0.2, -0.15) is 0 Å². The van der Waals surface area contributed by atoms with Gasteiger partial charge < -0.3 is 10.6 Å². The van der Waals surface area contributed by atoms with Crippen LogP contribution in [0.5, 0.6) is 0 Å². The number of hydrogen-bond donors (Lipinski definition) is 3. The van der Waals surface area contributed by atoms with Gasteiger partial charge in [-0.25, -0.2) is 4.99 Å². The van der Waals surface area contributed by atoms with Crippen LogP contribution < -0.4 is 16.0 Å². The van der Waals surface area contributed by atoms with Gasteiger partial charge in [-0.15, -0.1) is 11.3 Å². The van der Waals surface area contributed by atoms with Gasteiger partial charge in [0.05, 0.1) is 11.0 Å². The molecule has 2 aromatic heterocycles. The van der Waals surface area contributed by atoms with Crippen LogP contribution >= 0.6 is 11.3 Å². The molecule has 4 atom stereocenters. The van der Waals surface area contributed by atoms with Gasteiger partial charge in [-0.3, -0.25) is 9.88 Å². The summed E-state index contributed by atoms with van der Waals surface area (Å²) < 4.78 is 5.23. The van der Waals surface area contributed by atoms with Gasteiger partial charge in [0.15, 0.2) is 0 Å². The lowest BCUT2D eigenvalue weighted by atomic mass is 9.76. The number of benzene rings is 3. The van der Waals surface area contributed by atoms with Crippen molar-refractivity contribution in [2.75, 3.05) is 6.54 Å². The predicted octanol–water partition coefficient (Wildman–Crippen LogP) is 10.6. The van der Waals surface area contributed by atoms with E-state index in [0.717, 1.165) is 44.0 Å².